The average molecular weight is 127 g/mol. The van der Waals surface area contributed by atoms with Crippen molar-refractivity contribution >= 4 is 6.72 Å². The second-order valence-electron chi connectivity index (χ2n) is 1.82. The fourth-order valence-electron chi connectivity index (χ4n) is 0.487. The molecule has 0 saturated carbocycles. The molecule has 0 fully saturated rings. The van der Waals surface area contributed by atoms with Gasteiger partial charge in [-0.2, -0.15) is 0 Å². The Labute approximate surface area is 56.2 Å². The van der Waals surface area contributed by atoms with Crippen LogP contribution in [-0.2, 0) is 4.84 Å². The normalized spacial score (nSPS) is 11.1. The third-order valence-corrected chi connectivity index (χ3v) is 0.929. The van der Waals surface area contributed by atoms with E-state index < -0.39 is 0 Å². The van der Waals surface area contributed by atoms with E-state index >= 15 is 0 Å². The highest BCUT2D eigenvalue weighted by Gasteiger charge is 1.83. The summed E-state index contributed by atoms with van der Waals surface area (Å²) in [7, 11) is 0. The number of unbranched alkanes of at least 4 members (excludes halogenated alkanes) is 1. The Hall–Kier alpha value is -0.790. The predicted octanol–water partition coefficient (Wildman–Crippen LogP) is 2.32. The van der Waals surface area contributed by atoms with E-state index in [4.69, 9.17) is 4.84 Å². The number of hydrogen-bond donors (Lipinski definition) is 0. The number of nitrogens with zero attached hydrogens (tertiary/aromatic N) is 1. The molecular weight excluding hydrogens is 114 g/mol. The predicted molar refractivity (Wildman–Crippen MR) is 39.3 cm³/mol. The van der Waals surface area contributed by atoms with Crippen molar-refractivity contribution in [3.63, 3.8) is 0 Å². The summed E-state index contributed by atoms with van der Waals surface area (Å²) < 4.78 is 0. The molecule has 0 aromatic heterocycles. The van der Waals surface area contributed by atoms with Crippen molar-refractivity contribution in [2.75, 3.05) is 0 Å². The molecule has 0 heterocycles. The van der Waals surface area contributed by atoms with E-state index in [1.54, 1.807) is 0 Å². The van der Waals surface area contributed by atoms with Gasteiger partial charge in [0.05, 0.1) is 0 Å². The Morgan fingerprint density at radius 2 is 2.44 bits per heavy atom. The molecule has 0 atom stereocenters. The molecule has 52 valence electrons. The van der Waals surface area contributed by atoms with Crippen molar-refractivity contribution in [1.82, 2.24) is 0 Å². The lowest BCUT2D eigenvalue weighted by Crippen LogP contribution is -1.76. The molecule has 0 aromatic rings. The lowest BCUT2D eigenvalue weighted by atomic mass is 10.3. The van der Waals surface area contributed by atoms with Crippen molar-refractivity contribution in [2.45, 2.75) is 26.7 Å². The van der Waals surface area contributed by atoms with Gasteiger partial charge in [-0.3, -0.25) is 0 Å². The third kappa shape index (κ3) is 5.07. The van der Waals surface area contributed by atoms with Gasteiger partial charge in [-0.05, 0) is 19.4 Å². The van der Waals surface area contributed by atoms with Gasteiger partial charge in [0, 0.05) is 6.72 Å². The molecule has 0 bridgehead atoms. The highest BCUT2D eigenvalue weighted by molar-refractivity contribution is 5.21. The van der Waals surface area contributed by atoms with E-state index in [0.717, 1.165) is 18.6 Å². The van der Waals surface area contributed by atoms with Crippen molar-refractivity contribution in [3.8, 4) is 0 Å². The molecule has 0 unspecified atom stereocenters. The van der Waals surface area contributed by atoms with Crippen LogP contribution in [0.25, 0.3) is 0 Å². The molecular formula is C7H13NO. The van der Waals surface area contributed by atoms with Crippen LogP contribution in [0.5, 0.6) is 0 Å². The van der Waals surface area contributed by atoms with Crippen LogP contribution >= 0.6 is 0 Å². The lowest BCUT2D eigenvalue weighted by Gasteiger charge is -1.93. The zero-order chi connectivity index (χ0) is 7.11. The van der Waals surface area contributed by atoms with Crippen LogP contribution in [0.1, 0.15) is 26.7 Å². The molecule has 0 aromatic carbocycles. The van der Waals surface area contributed by atoms with E-state index in [-0.39, 0.29) is 0 Å². The summed E-state index contributed by atoms with van der Waals surface area (Å²) in [6.45, 7) is 7.18. The first-order chi connectivity index (χ1) is 4.31. The fraction of sp³-hybridized carbons (Fsp3) is 0.571. The Kier molecular flexibility index (Phi) is 4.88. The Balaban J connectivity index is 3.42. The van der Waals surface area contributed by atoms with Gasteiger partial charge >= 0.3 is 0 Å². The maximum atomic E-state index is 4.72. The lowest BCUT2D eigenvalue weighted by molar-refractivity contribution is 0.231. The topological polar surface area (TPSA) is 21.6 Å². The van der Waals surface area contributed by atoms with Crippen molar-refractivity contribution in [2.24, 2.45) is 5.16 Å². The van der Waals surface area contributed by atoms with Crippen molar-refractivity contribution in [3.05, 3.63) is 11.8 Å². The maximum absolute atomic E-state index is 4.72. The fourth-order valence-corrected chi connectivity index (χ4v) is 0.487. The summed E-state index contributed by atoms with van der Waals surface area (Å²) in [4.78, 5) is 4.72. The van der Waals surface area contributed by atoms with E-state index in [9.17, 15) is 0 Å². The summed E-state index contributed by atoms with van der Waals surface area (Å²) in [6.07, 6.45) is 4.17. The maximum Gasteiger partial charge on any atom is 0.127 e. The van der Waals surface area contributed by atoms with Crippen LogP contribution < -0.4 is 0 Å². The van der Waals surface area contributed by atoms with Crippen LogP contribution in [0.3, 0.4) is 0 Å². The Morgan fingerprint density at radius 1 is 1.78 bits per heavy atom. The molecule has 0 rings (SSSR count). The van der Waals surface area contributed by atoms with Crippen LogP contribution in [0.15, 0.2) is 17.0 Å². The molecule has 0 aliphatic heterocycles. The van der Waals surface area contributed by atoms with Gasteiger partial charge in [0.15, 0.2) is 0 Å². The van der Waals surface area contributed by atoms with E-state index in [0.29, 0.717) is 0 Å². The zero-order valence-electron chi connectivity index (χ0n) is 6.05. The van der Waals surface area contributed by atoms with Crippen LogP contribution in [0, 0.1) is 0 Å². The molecule has 0 aliphatic carbocycles. The largest absolute Gasteiger partial charge is 0.363 e. The van der Waals surface area contributed by atoms with E-state index in [1.165, 1.54) is 0 Å². The van der Waals surface area contributed by atoms with Gasteiger partial charge in [-0.15, -0.1) is 0 Å². The molecule has 0 N–H and O–H groups in total. The van der Waals surface area contributed by atoms with Crippen LogP contribution in [-0.4, -0.2) is 6.72 Å². The van der Waals surface area contributed by atoms with Gasteiger partial charge < -0.3 is 4.84 Å². The Bertz CT molecular complexity index is 107. The first-order valence-corrected chi connectivity index (χ1v) is 3.11. The van der Waals surface area contributed by atoms with Gasteiger partial charge in [0.1, 0.15) is 5.76 Å². The van der Waals surface area contributed by atoms with Crippen LogP contribution in [0.2, 0.25) is 0 Å². The zero-order valence-corrected chi connectivity index (χ0v) is 6.05. The highest BCUT2D eigenvalue weighted by Crippen LogP contribution is 1.98. The van der Waals surface area contributed by atoms with Gasteiger partial charge in [0.25, 0.3) is 0 Å². The first kappa shape index (κ1) is 8.21. The Morgan fingerprint density at radius 3 is 2.89 bits per heavy atom. The standard InChI is InChI=1S/C7H13NO/c1-4-5-6-7(2)9-8-3/h6H,3-5H2,1-2H3/b7-6-. The van der Waals surface area contributed by atoms with Gasteiger partial charge in [-0.1, -0.05) is 18.5 Å². The van der Waals surface area contributed by atoms with E-state index in [1.807, 2.05) is 13.0 Å². The second-order valence-corrected chi connectivity index (χ2v) is 1.82. The van der Waals surface area contributed by atoms with Crippen LogP contribution in [0.4, 0.5) is 0 Å². The summed E-state index contributed by atoms with van der Waals surface area (Å²) in [5, 5.41) is 3.27. The molecule has 0 amide bonds. The number of allylic oxidation sites excluding steroid dienone is 2. The smallest absolute Gasteiger partial charge is 0.127 e. The third-order valence-electron chi connectivity index (χ3n) is 0.929. The molecule has 9 heavy (non-hydrogen) atoms. The summed E-state index contributed by atoms with van der Waals surface area (Å²) in [5.74, 6) is 0.826. The molecule has 2 nitrogen and oxygen atoms in total. The van der Waals surface area contributed by atoms with Gasteiger partial charge in [0.2, 0.25) is 0 Å². The number of rotatable bonds is 4. The minimum atomic E-state index is 0.826. The van der Waals surface area contributed by atoms with Crippen molar-refractivity contribution < 1.29 is 4.84 Å². The summed E-state index contributed by atoms with van der Waals surface area (Å²) in [5.41, 5.74) is 0. The number of hydrogen-bond acceptors (Lipinski definition) is 2. The minimum absolute atomic E-state index is 0.826. The second kappa shape index (κ2) is 5.35. The highest BCUT2D eigenvalue weighted by atomic mass is 16.6. The molecule has 0 radical (unpaired) electrons. The molecule has 2 heteroatoms. The monoisotopic (exact) mass is 127 g/mol. The average Bonchev–Trinajstić information content (AvgIpc) is 1.85. The number of oxime groups is 1. The van der Waals surface area contributed by atoms with Gasteiger partial charge in [-0.25, -0.2) is 0 Å². The summed E-state index contributed by atoms with van der Waals surface area (Å²) >= 11 is 0. The van der Waals surface area contributed by atoms with Crippen molar-refractivity contribution in [1.29, 1.82) is 0 Å². The van der Waals surface area contributed by atoms with E-state index in [2.05, 4.69) is 18.8 Å². The quantitative estimate of drug-likeness (QED) is 0.322. The SMILES string of the molecule is C=NO/C(C)=C\CCC. The minimum Gasteiger partial charge on any atom is -0.363 e. The molecule has 0 aliphatic rings. The first-order valence-electron chi connectivity index (χ1n) is 3.11. The molecule has 0 saturated heterocycles. The molecule has 0 spiro atoms. The summed E-state index contributed by atoms with van der Waals surface area (Å²) in [6, 6.07) is 0.